The van der Waals surface area contributed by atoms with E-state index in [1.54, 1.807) is 4.57 Å². The second-order valence-electron chi connectivity index (χ2n) is 5.65. The van der Waals surface area contributed by atoms with Gasteiger partial charge in [-0.3, -0.25) is 14.2 Å². The van der Waals surface area contributed by atoms with Crippen molar-refractivity contribution < 1.29 is 9.18 Å². The molecular weight excluding hydrogens is 347 g/mol. The monoisotopic (exact) mass is 360 g/mol. The van der Waals surface area contributed by atoms with Crippen LogP contribution in [0.25, 0.3) is 10.2 Å². The number of fused-ring (bicyclic) bond motifs is 1. The summed E-state index contributed by atoms with van der Waals surface area (Å²) in [6.45, 7) is 0. The Morgan fingerprint density at radius 2 is 2.04 bits per heavy atom. The molecule has 4 nitrogen and oxygen atoms in total. The SMILES string of the molecule is O=C(CSc1nc2ccsc2c(=O)n1C1CC1)c1ccc(F)cc1. The second kappa shape index (κ2) is 6.14. The first-order chi connectivity index (χ1) is 11.6. The highest BCUT2D eigenvalue weighted by Crippen LogP contribution is 2.37. The average molecular weight is 360 g/mol. The molecule has 3 aromatic rings. The van der Waals surface area contributed by atoms with Gasteiger partial charge in [0.15, 0.2) is 10.9 Å². The molecular formula is C17H13FN2O2S2. The minimum absolute atomic E-state index is 0.0192. The van der Waals surface area contributed by atoms with Gasteiger partial charge in [0.05, 0.1) is 11.3 Å². The first kappa shape index (κ1) is 15.5. The Morgan fingerprint density at radius 3 is 2.75 bits per heavy atom. The number of hydrogen-bond donors (Lipinski definition) is 0. The van der Waals surface area contributed by atoms with Crippen molar-refractivity contribution in [2.24, 2.45) is 0 Å². The fourth-order valence-corrected chi connectivity index (χ4v) is 4.24. The summed E-state index contributed by atoms with van der Waals surface area (Å²) in [5.74, 6) is -0.311. The summed E-state index contributed by atoms with van der Waals surface area (Å²) in [4.78, 5) is 29.5. The van der Waals surface area contributed by atoms with E-state index in [1.165, 1.54) is 47.4 Å². The van der Waals surface area contributed by atoms with Crippen LogP contribution in [0.2, 0.25) is 0 Å². The minimum atomic E-state index is -0.369. The van der Waals surface area contributed by atoms with Crippen LogP contribution in [0.4, 0.5) is 4.39 Å². The van der Waals surface area contributed by atoms with Gasteiger partial charge in [-0.2, -0.15) is 0 Å². The number of carbonyl (C=O) groups is 1. The van der Waals surface area contributed by atoms with E-state index >= 15 is 0 Å². The minimum Gasteiger partial charge on any atom is -0.293 e. The van der Waals surface area contributed by atoms with Crippen LogP contribution in [-0.4, -0.2) is 21.1 Å². The van der Waals surface area contributed by atoms with Crippen molar-refractivity contribution in [1.29, 1.82) is 0 Å². The summed E-state index contributed by atoms with van der Waals surface area (Å²) in [7, 11) is 0. The number of benzene rings is 1. The van der Waals surface area contributed by atoms with Crippen LogP contribution < -0.4 is 5.56 Å². The summed E-state index contributed by atoms with van der Waals surface area (Å²) in [6.07, 6.45) is 1.94. The molecule has 2 aromatic heterocycles. The summed E-state index contributed by atoms with van der Waals surface area (Å²) in [5, 5.41) is 2.44. The van der Waals surface area contributed by atoms with Crippen molar-refractivity contribution in [1.82, 2.24) is 9.55 Å². The molecule has 0 atom stereocenters. The molecule has 24 heavy (non-hydrogen) atoms. The molecule has 1 aliphatic carbocycles. The fraction of sp³-hybridized carbons (Fsp3) is 0.235. The van der Waals surface area contributed by atoms with Gasteiger partial charge in [0.2, 0.25) is 0 Å². The molecule has 1 fully saturated rings. The van der Waals surface area contributed by atoms with Crippen LogP contribution in [0.5, 0.6) is 0 Å². The molecule has 0 unspecified atom stereocenters. The summed E-state index contributed by atoms with van der Waals surface area (Å²) >= 11 is 2.67. The van der Waals surface area contributed by atoms with E-state index in [2.05, 4.69) is 4.98 Å². The van der Waals surface area contributed by atoms with E-state index in [1.807, 2.05) is 11.4 Å². The molecule has 0 aliphatic heterocycles. The quantitative estimate of drug-likeness (QED) is 0.393. The van der Waals surface area contributed by atoms with Gasteiger partial charge < -0.3 is 0 Å². The van der Waals surface area contributed by atoms with Crippen molar-refractivity contribution >= 4 is 39.1 Å². The maximum atomic E-state index is 12.9. The Balaban J connectivity index is 1.62. The number of rotatable bonds is 5. The van der Waals surface area contributed by atoms with Crippen molar-refractivity contribution in [2.75, 3.05) is 5.75 Å². The van der Waals surface area contributed by atoms with Gasteiger partial charge in [0, 0.05) is 11.6 Å². The number of thioether (sulfide) groups is 1. The molecule has 0 spiro atoms. The van der Waals surface area contributed by atoms with Crippen molar-refractivity contribution in [2.45, 2.75) is 24.0 Å². The Morgan fingerprint density at radius 1 is 1.29 bits per heavy atom. The summed E-state index contributed by atoms with van der Waals surface area (Å²) < 4.78 is 15.3. The van der Waals surface area contributed by atoms with Gasteiger partial charge in [0.1, 0.15) is 10.5 Å². The predicted octanol–water partition coefficient (Wildman–Crippen LogP) is 3.91. The number of hydrogen-bond acceptors (Lipinski definition) is 5. The van der Waals surface area contributed by atoms with E-state index < -0.39 is 0 Å². The predicted molar refractivity (Wildman–Crippen MR) is 93.6 cm³/mol. The molecule has 0 saturated heterocycles. The number of Topliss-reactive ketones (excluding diaryl/α,β-unsaturated/α-hetero) is 1. The number of thiophene rings is 1. The maximum Gasteiger partial charge on any atom is 0.272 e. The number of ketones is 1. The molecule has 122 valence electrons. The molecule has 0 radical (unpaired) electrons. The van der Waals surface area contributed by atoms with Crippen LogP contribution in [-0.2, 0) is 0 Å². The van der Waals surface area contributed by atoms with Crippen molar-refractivity contribution in [3.8, 4) is 0 Å². The molecule has 1 saturated carbocycles. The van der Waals surface area contributed by atoms with Crippen LogP contribution in [0.1, 0.15) is 29.2 Å². The van der Waals surface area contributed by atoms with E-state index in [4.69, 9.17) is 0 Å². The topological polar surface area (TPSA) is 52.0 Å². The lowest BCUT2D eigenvalue weighted by Gasteiger charge is -2.10. The molecule has 4 rings (SSSR count). The zero-order valence-corrected chi connectivity index (χ0v) is 14.2. The third-order valence-corrected chi connectivity index (χ3v) is 5.73. The highest BCUT2D eigenvalue weighted by atomic mass is 32.2. The zero-order valence-electron chi connectivity index (χ0n) is 12.6. The van der Waals surface area contributed by atoms with Gasteiger partial charge in [-0.05, 0) is 48.6 Å². The number of carbonyl (C=O) groups excluding carboxylic acids is 1. The molecule has 1 aliphatic rings. The van der Waals surface area contributed by atoms with Crippen LogP contribution >= 0.6 is 23.1 Å². The first-order valence-corrected chi connectivity index (χ1v) is 9.41. The third-order valence-electron chi connectivity index (χ3n) is 3.89. The lowest BCUT2D eigenvalue weighted by atomic mass is 10.1. The van der Waals surface area contributed by atoms with Gasteiger partial charge in [0.25, 0.3) is 5.56 Å². The van der Waals surface area contributed by atoms with Gasteiger partial charge in [-0.25, -0.2) is 9.37 Å². The largest absolute Gasteiger partial charge is 0.293 e. The molecule has 2 heterocycles. The van der Waals surface area contributed by atoms with Gasteiger partial charge >= 0.3 is 0 Å². The first-order valence-electron chi connectivity index (χ1n) is 7.55. The molecule has 0 bridgehead atoms. The zero-order chi connectivity index (χ0) is 16.7. The summed E-state index contributed by atoms with van der Waals surface area (Å²) in [5.41, 5.74) is 1.12. The van der Waals surface area contributed by atoms with Crippen molar-refractivity contribution in [3.63, 3.8) is 0 Å². The smallest absolute Gasteiger partial charge is 0.272 e. The highest BCUT2D eigenvalue weighted by molar-refractivity contribution is 7.99. The molecule has 1 aromatic carbocycles. The Hall–Kier alpha value is -1.99. The van der Waals surface area contributed by atoms with E-state index in [0.717, 1.165) is 12.8 Å². The normalized spacial score (nSPS) is 14.2. The maximum absolute atomic E-state index is 12.9. The fourth-order valence-electron chi connectivity index (χ4n) is 2.51. The number of aromatic nitrogens is 2. The molecule has 0 N–H and O–H groups in total. The Kier molecular flexibility index (Phi) is 3.97. The van der Waals surface area contributed by atoms with Crippen LogP contribution in [0.15, 0.2) is 45.7 Å². The Bertz CT molecular complexity index is 974. The molecule has 7 heteroatoms. The van der Waals surface area contributed by atoms with E-state index in [0.29, 0.717) is 20.9 Å². The van der Waals surface area contributed by atoms with E-state index in [-0.39, 0.29) is 29.0 Å². The van der Waals surface area contributed by atoms with Crippen LogP contribution in [0.3, 0.4) is 0 Å². The van der Waals surface area contributed by atoms with Gasteiger partial charge in [-0.15, -0.1) is 11.3 Å². The summed E-state index contributed by atoms with van der Waals surface area (Å²) in [6, 6.07) is 7.51. The lowest BCUT2D eigenvalue weighted by Crippen LogP contribution is -2.22. The van der Waals surface area contributed by atoms with Crippen molar-refractivity contribution in [3.05, 3.63) is 57.4 Å². The number of halogens is 1. The average Bonchev–Trinajstić information content (AvgIpc) is 3.29. The Labute approximate surface area is 145 Å². The second-order valence-corrected chi connectivity index (χ2v) is 7.51. The van der Waals surface area contributed by atoms with Crippen LogP contribution in [0, 0.1) is 5.82 Å². The van der Waals surface area contributed by atoms with E-state index in [9.17, 15) is 14.0 Å². The standard InChI is InChI=1S/C17H13FN2O2S2/c18-11-3-1-10(2-4-11)14(21)9-24-17-19-13-7-8-23-15(13)16(22)20(17)12-5-6-12/h1-4,7-8,12H,5-6,9H2. The number of nitrogens with zero attached hydrogens (tertiary/aromatic N) is 2. The third kappa shape index (κ3) is 2.89. The lowest BCUT2D eigenvalue weighted by molar-refractivity contribution is 0.102. The van der Waals surface area contributed by atoms with Gasteiger partial charge in [-0.1, -0.05) is 11.8 Å². The highest BCUT2D eigenvalue weighted by Gasteiger charge is 2.29. The molecule has 0 amide bonds.